The van der Waals surface area contributed by atoms with E-state index in [1.165, 1.54) is 10.6 Å². The lowest BCUT2D eigenvalue weighted by Crippen LogP contribution is -2.32. The molecule has 0 saturated carbocycles. The monoisotopic (exact) mass is 286 g/mol. The highest BCUT2D eigenvalue weighted by Crippen LogP contribution is 2.16. The number of aromatic nitrogens is 1. The van der Waals surface area contributed by atoms with Crippen LogP contribution in [-0.4, -0.2) is 23.3 Å². The summed E-state index contributed by atoms with van der Waals surface area (Å²) in [7, 11) is 0. The molecule has 1 atom stereocenters. The van der Waals surface area contributed by atoms with Gasteiger partial charge >= 0.3 is 0 Å². The van der Waals surface area contributed by atoms with Crippen molar-refractivity contribution in [2.75, 3.05) is 12.3 Å². The molecule has 0 aliphatic carbocycles. The highest BCUT2D eigenvalue weighted by atomic mass is 32.2. The fourth-order valence-corrected chi connectivity index (χ4v) is 2.89. The zero-order valence-corrected chi connectivity index (χ0v) is 12.8. The molecule has 106 valence electrons. The average Bonchev–Trinajstić information content (AvgIpc) is 2.52. The van der Waals surface area contributed by atoms with Crippen molar-refractivity contribution in [1.29, 1.82) is 0 Å². The van der Waals surface area contributed by atoms with Gasteiger partial charge in [-0.15, -0.1) is 11.8 Å². The molecule has 0 amide bonds. The molecule has 2 rings (SSSR count). The Morgan fingerprint density at radius 2 is 1.90 bits per heavy atom. The van der Waals surface area contributed by atoms with Crippen LogP contribution in [0.3, 0.4) is 0 Å². The topological polar surface area (TPSA) is 24.9 Å². The third-order valence-electron chi connectivity index (χ3n) is 3.22. The fourth-order valence-electron chi connectivity index (χ4n) is 2.08. The second-order valence-electron chi connectivity index (χ2n) is 4.75. The number of hydrogen-bond acceptors (Lipinski definition) is 3. The van der Waals surface area contributed by atoms with Crippen molar-refractivity contribution in [3.8, 4) is 0 Å². The van der Waals surface area contributed by atoms with Crippen molar-refractivity contribution in [2.45, 2.75) is 30.7 Å². The molecule has 1 heterocycles. The van der Waals surface area contributed by atoms with Crippen LogP contribution in [0.15, 0.2) is 59.6 Å². The van der Waals surface area contributed by atoms with E-state index in [1.807, 2.05) is 24.0 Å². The Labute approximate surface area is 126 Å². The molecule has 0 saturated heterocycles. The van der Waals surface area contributed by atoms with Crippen molar-refractivity contribution in [3.05, 3.63) is 60.4 Å². The third kappa shape index (κ3) is 5.35. The Kier molecular flexibility index (Phi) is 6.61. The Morgan fingerprint density at radius 1 is 1.10 bits per heavy atom. The van der Waals surface area contributed by atoms with Crippen LogP contribution in [0.4, 0.5) is 0 Å². The first-order chi connectivity index (χ1) is 9.88. The highest BCUT2D eigenvalue weighted by Gasteiger charge is 2.07. The number of nitrogens with zero attached hydrogens (tertiary/aromatic N) is 1. The van der Waals surface area contributed by atoms with Crippen molar-refractivity contribution < 1.29 is 0 Å². The van der Waals surface area contributed by atoms with Crippen LogP contribution in [-0.2, 0) is 6.42 Å². The van der Waals surface area contributed by atoms with E-state index in [2.05, 4.69) is 59.7 Å². The number of nitrogens with one attached hydrogen (secondary N) is 1. The molecular weight excluding hydrogens is 264 g/mol. The van der Waals surface area contributed by atoms with Crippen LogP contribution < -0.4 is 5.32 Å². The predicted molar refractivity (Wildman–Crippen MR) is 87.2 cm³/mol. The molecular formula is C17H22N2S. The second-order valence-corrected chi connectivity index (χ2v) is 5.91. The molecule has 0 aliphatic heterocycles. The lowest BCUT2D eigenvalue weighted by molar-refractivity contribution is 0.507. The molecule has 0 radical (unpaired) electrons. The van der Waals surface area contributed by atoms with E-state index in [4.69, 9.17) is 0 Å². The SMILES string of the molecule is CCC(Cc1ccccn1)NCCSc1ccccc1. The van der Waals surface area contributed by atoms with Gasteiger partial charge in [-0.1, -0.05) is 31.2 Å². The van der Waals surface area contributed by atoms with Gasteiger partial charge in [-0.25, -0.2) is 0 Å². The van der Waals surface area contributed by atoms with E-state index in [9.17, 15) is 0 Å². The summed E-state index contributed by atoms with van der Waals surface area (Å²) < 4.78 is 0. The average molecular weight is 286 g/mol. The Hall–Kier alpha value is -1.32. The molecule has 0 fully saturated rings. The standard InChI is InChI=1S/C17H22N2S/c1-2-15(14-16-8-6-7-11-18-16)19-12-13-20-17-9-4-3-5-10-17/h3-11,15,19H,2,12-14H2,1H3. The fraction of sp³-hybridized carbons (Fsp3) is 0.353. The lowest BCUT2D eigenvalue weighted by Gasteiger charge is -2.16. The van der Waals surface area contributed by atoms with E-state index in [0.717, 1.165) is 25.1 Å². The third-order valence-corrected chi connectivity index (χ3v) is 4.24. The van der Waals surface area contributed by atoms with E-state index in [0.29, 0.717) is 6.04 Å². The Balaban J connectivity index is 1.69. The van der Waals surface area contributed by atoms with Gasteiger partial charge in [0.05, 0.1) is 0 Å². The van der Waals surface area contributed by atoms with Crippen molar-refractivity contribution in [2.24, 2.45) is 0 Å². The summed E-state index contributed by atoms with van der Waals surface area (Å²) in [6, 6.07) is 17.2. The van der Waals surface area contributed by atoms with Crippen LogP contribution in [0.1, 0.15) is 19.0 Å². The van der Waals surface area contributed by atoms with E-state index in [1.54, 1.807) is 0 Å². The molecule has 20 heavy (non-hydrogen) atoms. The summed E-state index contributed by atoms with van der Waals surface area (Å²) in [5.74, 6) is 1.10. The maximum absolute atomic E-state index is 4.40. The number of rotatable bonds is 8. The normalized spacial score (nSPS) is 12.2. The predicted octanol–water partition coefficient (Wildman–Crippen LogP) is 3.78. The maximum Gasteiger partial charge on any atom is 0.0419 e. The Bertz CT molecular complexity index is 473. The van der Waals surface area contributed by atoms with Crippen LogP contribution in [0.2, 0.25) is 0 Å². The minimum atomic E-state index is 0.515. The van der Waals surface area contributed by atoms with Crippen molar-refractivity contribution in [3.63, 3.8) is 0 Å². The second kappa shape index (κ2) is 8.77. The molecule has 1 aromatic carbocycles. The molecule has 0 bridgehead atoms. The quantitative estimate of drug-likeness (QED) is 0.590. The van der Waals surface area contributed by atoms with Gasteiger partial charge < -0.3 is 5.32 Å². The number of hydrogen-bond donors (Lipinski definition) is 1. The van der Waals surface area contributed by atoms with Gasteiger partial charge in [0.25, 0.3) is 0 Å². The van der Waals surface area contributed by atoms with Crippen LogP contribution in [0.25, 0.3) is 0 Å². The zero-order chi connectivity index (χ0) is 14.0. The molecule has 0 spiro atoms. The van der Waals surface area contributed by atoms with Gasteiger partial charge in [0.2, 0.25) is 0 Å². The maximum atomic E-state index is 4.40. The smallest absolute Gasteiger partial charge is 0.0419 e. The van der Waals surface area contributed by atoms with Gasteiger partial charge in [-0.3, -0.25) is 4.98 Å². The summed E-state index contributed by atoms with van der Waals surface area (Å²) in [4.78, 5) is 5.74. The largest absolute Gasteiger partial charge is 0.313 e. The van der Waals surface area contributed by atoms with Crippen molar-refractivity contribution in [1.82, 2.24) is 10.3 Å². The van der Waals surface area contributed by atoms with Gasteiger partial charge in [-0.05, 0) is 30.7 Å². The number of benzene rings is 1. The van der Waals surface area contributed by atoms with Crippen LogP contribution >= 0.6 is 11.8 Å². The first-order valence-corrected chi connectivity index (χ1v) is 8.18. The van der Waals surface area contributed by atoms with Gasteiger partial charge in [0.1, 0.15) is 0 Å². The highest BCUT2D eigenvalue weighted by molar-refractivity contribution is 7.99. The summed E-state index contributed by atoms with van der Waals surface area (Å²) in [6.45, 7) is 3.26. The molecule has 1 N–H and O–H groups in total. The Morgan fingerprint density at radius 3 is 2.60 bits per heavy atom. The summed E-state index contributed by atoms with van der Waals surface area (Å²) in [5, 5.41) is 3.63. The number of pyridine rings is 1. The minimum Gasteiger partial charge on any atom is -0.313 e. The van der Waals surface area contributed by atoms with Crippen molar-refractivity contribution >= 4 is 11.8 Å². The van der Waals surface area contributed by atoms with E-state index >= 15 is 0 Å². The first-order valence-electron chi connectivity index (χ1n) is 7.19. The molecule has 0 aliphatic rings. The molecule has 2 aromatic rings. The molecule has 3 heteroatoms. The van der Waals surface area contributed by atoms with Gasteiger partial charge in [0, 0.05) is 41.5 Å². The lowest BCUT2D eigenvalue weighted by atomic mass is 10.1. The summed E-state index contributed by atoms with van der Waals surface area (Å²) in [5.41, 5.74) is 1.17. The zero-order valence-electron chi connectivity index (χ0n) is 12.0. The molecule has 1 aromatic heterocycles. The van der Waals surface area contributed by atoms with Crippen LogP contribution in [0.5, 0.6) is 0 Å². The molecule has 1 unspecified atom stereocenters. The summed E-state index contributed by atoms with van der Waals surface area (Å²) in [6.07, 6.45) is 4.01. The van der Waals surface area contributed by atoms with Crippen LogP contribution in [0, 0.1) is 0 Å². The van der Waals surface area contributed by atoms with Gasteiger partial charge in [-0.2, -0.15) is 0 Å². The van der Waals surface area contributed by atoms with E-state index in [-0.39, 0.29) is 0 Å². The summed E-state index contributed by atoms with van der Waals surface area (Å²) >= 11 is 1.90. The first kappa shape index (κ1) is 15.1. The number of thioether (sulfide) groups is 1. The minimum absolute atomic E-state index is 0.515. The van der Waals surface area contributed by atoms with E-state index < -0.39 is 0 Å². The molecule has 2 nitrogen and oxygen atoms in total. The van der Waals surface area contributed by atoms with Gasteiger partial charge in [0.15, 0.2) is 0 Å².